The Morgan fingerprint density at radius 3 is 2.59 bits per heavy atom. The van der Waals surface area contributed by atoms with Crippen LogP contribution in [0, 0.1) is 5.92 Å². The van der Waals surface area contributed by atoms with Gasteiger partial charge in [0.1, 0.15) is 0 Å². The van der Waals surface area contributed by atoms with Gasteiger partial charge in [0, 0.05) is 6.61 Å². The van der Waals surface area contributed by atoms with Gasteiger partial charge in [-0.1, -0.05) is 26.8 Å². The van der Waals surface area contributed by atoms with Gasteiger partial charge in [-0.2, -0.15) is 0 Å². The van der Waals surface area contributed by atoms with Crippen LogP contribution < -0.4 is 0 Å². The molecular weight excluding hydrogens is 220 g/mol. The van der Waals surface area contributed by atoms with E-state index in [0.29, 0.717) is 31.8 Å². The highest BCUT2D eigenvalue weighted by Crippen LogP contribution is 2.11. The standard InChI is InChI=1S/C13H24O4/c1-4-10(2)9-17-13(16)11(3)12(15)7-5-6-8-14/h10,12,14-15H,3-9H2,1-2H3. The summed E-state index contributed by atoms with van der Waals surface area (Å²) in [4.78, 5) is 11.5. The third kappa shape index (κ3) is 7.13. The quantitative estimate of drug-likeness (QED) is 0.368. The Hall–Kier alpha value is -0.870. The Morgan fingerprint density at radius 2 is 2.06 bits per heavy atom. The van der Waals surface area contributed by atoms with E-state index >= 15 is 0 Å². The summed E-state index contributed by atoms with van der Waals surface area (Å²) >= 11 is 0. The fraction of sp³-hybridized carbons (Fsp3) is 0.769. The van der Waals surface area contributed by atoms with E-state index in [1.807, 2.05) is 13.8 Å². The lowest BCUT2D eigenvalue weighted by atomic mass is 10.1. The van der Waals surface area contributed by atoms with Crippen molar-refractivity contribution in [2.45, 2.75) is 45.6 Å². The van der Waals surface area contributed by atoms with Gasteiger partial charge >= 0.3 is 5.97 Å². The number of carbonyl (C=O) groups excluding carboxylic acids is 1. The first kappa shape index (κ1) is 16.1. The Labute approximate surface area is 103 Å². The molecule has 0 saturated heterocycles. The van der Waals surface area contributed by atoms with Gasteiger partial charge in [0.25, 0.3) is 0 Å². The molecule has 0 saturated carbocycles. The highest BCUT2D eigenvalue weighted by Gasteiger charge is 2.18. The van der Waals surface area contributed by atoms with Gasteiger partial charge < -0.3 is 14.9 Å². The van der Waals surface area contributed by atoms with Crippen molar-refractivity contribution in [3.05, 3.63) is 12.2 Å². The maximum absolute atomic E-state index is 11.5. The maximum atomic E-state index is 11.5. The summed E-state index contributed by atoms with van der Waals surface area (Å²) in [5.74, 6) is -0.208. The Morgan fingerprint density at radius 1 is 1.41 bits per heavy atom. The Bertz CT molecular complexity index is 238. The molecule has 0 aliphatic rings. The second kappa shape index (κ2) is 9.19. The summed E-state index contributed by atoms with van der Waals surface area (Å²) in [5.41, 5.74) is 0.103. The van der Waals surface area contributed by atoms with E-state index in [4.69, 9.17) is 9.84 Å². The van der Waals surface area contributed by atoms with E-state index < -0.39 is 12.1 Å². The molecule has 0 bridgehead atoms. The number of rotatable bonds is 9. The summed E-state index contributed by atoms with van der Waals surface area (Å²) in [7, 11) is 0. The average Bonchev–Trinajstić information content (AvgIpc) is 2.34. The normalized spacial score (nSPS) is 14.1. The van der Waals surface area contributed by atoms with Crippen molar-refractivity contribution >= 4 is 5.97 Å². The van der Waals surface area contributed by atoms with Gasteiger partial charge in [-0.05, 0) is 25.2 Å². The molecule has 0 aromatic rings. The smallest absolute Gasteiger partial charge is 0.336 e. The molecule has 0 radical (unpaired) electrons. The number of hydrogen-bond acceptors (Lipinski definition) is 4. The summed E-state index contributed by atoms with van der Waals surface area (Å²) in [5, 5.41) is 18.3. The number of aliphatic hydroxyl groups excluding tert-OH is 2. The number of carbonyl (C=O) groups is 1. The third-order valence-electron chi connectivity index (χ3n) is 2.75. The van der Waals surface area contributed by atoms with Crippen LogP contribution in [0.5, 0.6) is 0 Å². The van der Waals surface area contributed by atoms with Crippen molar-refractivity contribution in [3.63, 3.8) is 0 Å². The minimum absolute atomic E-state index is 0.0949. The van der Waals surface area contributed by atoms with Gasteiger partial charge in [-0.25, -0.2) is 4.79 Å². The molecule has 0 aromatic heterocycles. The fourth-order valence-electron chi connectivity index (χ4n) is 1.19. The largest absolute Gasteiger partial charge is 0.462 e. The second-order valence-electron chi connectivity index (χ2n) is 4.37. The zero-order chi connectivity index (χ0) is 13.3. The van der Waals surface area contributed by atoms with Crippen molar-refractivity contribution in [2.75, 3.05) is 13.2 Å². The molecule has 0 amide bonds. The van der Waals surface area contributed by atoms with Gasteiger partial charge in [0.15, 0.2) is 0 Å². The SMILES string of the molecule is C=C(C(=O)OCC(C)CC)C(O)CCCCO. The zero-order valence-electron chi connectivity index (χ0n) is 10.8. The van der Waals surface area contributed by atoms with Gasteiger partial charge in [-0.15, -0.1) is 0 Å². The average molecular weight is 244 g/mol. The van der Waals surface area contributed by atoms with Crippen molar-refractivity contribution in [3.8, 4) is 0 Å². The minimum atomic E-state index is -0.869. The van der Waals surface area contributed by atoms with Crippen LogP contribution in [0.3, 0.4) is 0 Å². The van der Waals surface area contributed by atoms with Crippen molar-refractivity contribution in [1.82, 2.24) is 0 Å². The molecule has 2 atom stereocenters. The molecule has 2 N–H and O–H groups in total. The van der Waals surface area contributed by atoms with Crippen LogP contribution in [0.15, 0.2) is 12.2 Å². The first-order valence-corrected chi connectivity index (χ1v) is 6.17. The van der Waals surface area contributed by atoms with Crippen molar-refractivity contribution in [1.29, 1.82) is 0 Å². The van der Waals surface area contributed by atoms with E-state index in [1.165, 1.54) is 0 Å². The molecule has 4 nitrogen and oxygen atoms in total. The van der Waals surface area contributed by atoms with Crippen LogP contribution in [0.4, 0.5) is 0 Å². The Balaban J connectivity index is 3.90. The van der Waals surface area contributed by atoms with Crippen molar-refractivity contribution < 1.29 is 19.7 Å². The lowest BCUT2D eigenvalue weighted by Crippen LogP contribution is -2.21. The molecule has 17 heavy (non-hydrogen) atoms. The van der Waals surface area contributed by atoms with E-state index in [2.05, 4.69) is 6.58 Å². The van der Waals surface area contributed by atoms with Crippen LogP contribution in [0.25, 0.3) is 0 Å². The first-order valence-electron chi connectivity index (χ1n) is 6.17. The number of ether oxygens (including phenoxy) is 1. The van der Waals surface area contributed by atoms with Gasteiger partial charge in [0.2, 0.25) is 0 Å². The molecule has 100 valence electrons. The topological polar surface area (TPSA) is 66.8 Å². The van der Waals surface area contributed by atoms with E-state index in [0.717, 1.165) is 6.42 Å². The second-order valence-corrected chi connectivity index (χ2v) is 4.37. The van der Waals surface area contributed by atoms with Crippen LogP contribution in [0.2, 0.25) is 0 Å². The summed E-state index contributed by atoms with van der Waals surface area (Å²) in [6.45, 7) is 8.02. The van der Waals surface area contributed by atoms with Gasteiger partial charge in [0.05, 0.1) is 18.3 Å². The van der Waals surface area contributed by atoms with Gasteiger partial charge in [-0.3, -0.25) is 0 Å². The molecule has 0 fully saturated rings. The number of esters is 1. The highest BCUT2D eigenvalue weighted by atomic mass is 16.5. The van der Waals surface area contributed by atoms with Crippen LogP contribution in [-0.4, -0.2) is 35.5 Å². The number of hydrogen-bond donors (Lipinski definition) is 2. The summed E-state index contributed by atoms with van der Waals surface area (Å²) in [6.07, 6.45) is 1.78. The molecule has 0 aliphatic carbocycles. The maximum Gasteiger partial charge on any atom is 0.336 e. The molecule has 4 heteroatoms. The molecule has 0 rings (SSSR count). The molecule has 2 unspecified atom stereocenters. The molecule has 0 aliphatic heterocycles. The third-order valence-corrected chi connectivity index (χ3v) is 2.75. The Kier molecular flexibility index (Phi) is 8.72. The highest BCUT2D eigenvalue weighted by molar-refractivity contribution is 5.88. The van der Waals surface area contributed by atoms with Crippen LogP contribution >= 0.6 is 0 Å². The molecule has 0 aromatic carbocycles. The van der Waals surface area contributed by atoms with Crippen molar-refractivity contribution in [2.24, 2.45) is 5.92 Å². The van der Waals surface area contributed by atoms with Crippen LogP contribution in [0.1, 0.15) is 39.5 Å². The predicted molar refractivity (Wildman–Crippen MR) is 66.5 cm³/mol. The van der Waals surface area contributed by atoms with E-state index in [9.17, 15) is 9.90 Å². The van der Waals surface area contributed by atoms with E-state index in [-0.39, 0.29) is 12.2 Å². The number of unbranched alkanes of at least 4 members (excludes halogenated alkanes) is 1. The number of aliphatic hydroxyl groups is 2. The lowest BCUT2D eigenvalue weighted by Gasteiger charge is -2.14. The van der Waals surface area contributed by atoms with Crippen LogP contribution in [-0.2, 0) is 9.53 Å². The first-order chi connectivity index (χ1) is 8.02. The predicted octanol–water partition coefficient (Wildman–Crippen LogP) is 1.66. The molecular formula is C13H24O4. The monoisotopic (exact) mass is 244 g/mol. The zero-order valence-corrected chi connectivity index (χ0v) is 10.8. The summed E-state index contributed by atoms with van der Waals surface area (Å²) in [6, 6.07) is 0. The lowest BCUT2D eigenvalue weighted by molar-refractivity contribution is -0.141. The minimum Gasteiger partial charge on any atom is -0.462 e. The fourth-order valence-corrected chi connectivity index (χ4v) is 1.19. The summed E-state index contributed by atoms with van der Waals surface area (Å²) < 4.78 is 5.04. The van der Waals surface area contributed by atoms with E-state index in [1.54, 1.807) is 0 Å². The molecule has 0 heterocycles. The molecule has 0 spiro atoms.